The number of ether oxygens (including phenoxy) is 2. The van der Waals surface area contributed by atoms with E-state index in [1.807, 2.05) is 26.8 Å². The molecular formula is C24H20O7. The zero-order chi connectivity index (χ0) is 22.1. The van der Waals surface area contributed by atoms with Crippen LogP contribution in [-0.4, -0.2) is 11.1 Å². The predicted molar refractivity (Wildman–Crippen MR) is 113 cm³/mol. The first-order valence-corrected chi connectivity index (χ1v) is 9.58. The minimum atomic E-state index is -1.15. The van der Waals surface area contributed by atoms with Gasteiger partial charge in [-0.15, -0.1) is 0 Å². The van der Waals surface area contributed by atoms with Crippen molar-refractivity contribution in [2.24, 2.45) is 0 Å². The van der Waals surface area contributed by atoms with Gasteiger partial charge in [0.05, 0.1) is 5.39 Å². The zero-order valence-corrected chi connectivity index (χ0v) is 17.2. The van der Waals surface area contributed by atoms with Gasteiger partial charge in [-0.25, -0.2) is 4.79 Å². The molecule has 0 saturated carbocycles. The Bertz CT molecular complexity index is 1340. The first kappa shape index (κ1) is 20.3. The third-order valence-electron chi connectivity index (χ3n) is 4.95. The second-order valence-electron chi connectivity index (χ2n) is 7.25. The molecule has 0 fully saturated rings. The van der Waals surface area contributed by atoms with Crippen molar-refractivity contribution in [3.05, 3.63) is 87.2 Å². The third kappa shape index (κ3) is 4.16. The van der Waals surface area contributed by atoms with E-state index in [1.54, 1.807) is 18.2 Å². The van der Waals surface area contributed by atoms with Gasteiger partial charge >= 0.3 is 5.97 Å². The van der Waals surface area contributed by atoms with Gasteiger partial charge in [0.25, 0.3) is 0 Å². The molecular weight excluding hydrogens is 400 g/mol. The normalized spacial score (nSPS) is 10.9. The van der Waals surface area contributed by atoms with Gasteiger partial charge in [-0.05, 0) is 67.8 Å². The number of hydrogen-bond acceptors (Lipinski definition) is 6. The molecule has 0 atom stereocenters. The monoisotopic (exact) mass is 420 g/mol. The van der Waals surface area contributed by atoms with E-state index in [2.05, 4.69) is 6.07 Å². The molecule has 158 valence electrons. The second-order valence-corrected chi connectivity index (χ2v) is 7.25. The van der Waals surface area contributed by atoms with E-state index in [1.165, 1.54) is 18.4 Å². The molecule has 2 heterocycles. The van der Waals surface area contributed by atoms with Gasteiger partial charge in [0.1, 0.15) is 35.7 Å². The topological polar surface area (TPSA) is 99.1 Å². The summed E-state index contributed by atoms with van der Waals surface area (Å²) in [5, 5.41) is 9.26. The molecule has 4 rings (SSSR count). The lowest BCUT2D eigenvalue weighted by Gasteiger charge is -2.12. The number of aromatic carboxylic acids is 1. The summed E-state index contributed by atoms with van der Waals surface area (Å²) in [6.45, 7) is 5.94. The summed E-state index contributed by atoms with van der Waals surface area (Å²) in [6.07, 6.45) is 1.29. The van der Waals surface area contributed by atoms with Crippen molar-refractivity contribution in [3.8, 4) is 17.2 Å². The van der Waals surface area contributed by atoms with E-state index in [9.17, 15) is 9.59 Å². The van der Waals surface area contributed by atoms with Crippen molar-refractivity contribution >= 4 is 16.9 Å². The SMILES string of the molecule is Cc1cc(C)c(C)c(Oc2coc3cc(OCc4ccc(C(=O)O)o4)ccc3c2=O)c1. The number of carbonyl (C=O) groups is 1. The van der Waals surface area contributed by atoms with Gasteiger partial charge in [0.2, 0.25) is 16.9 Å². The molecule has 0 radical (unpaired) electrons. The fraction of sp³-hybridized carbons (Fsp3) is 0.167. The minimum absolute atomic E-state index is 0.0379. The highest BCUT2D eigenvalue weighted by Gasteiger charge is 2.13. The smallest absolute Gasteiger partial charge is 0.371 e. The van der Waals surface area contributed by atoms with E-state index in [0.29, 0.717) is 28.2 Å². The quantitative estimate of drug-likeness (QED) is 0.447. The Morgan fingerprint density at radius 3 is 2.58 bits per heavy atom. The van der Waals surface area contributed by atoms with E-state index >= 15 is 0 Å². The Morgan fingerprint density at radius 2 is 1.84 bits per heavy atom. The summed E-state index contributed by atoms with van der Waals surface area (Å²) in [5.41, 5.74) is 3.13. The second kappa shape index (κ2) is 8.02. The largest absolute Gasteiger partial charge is 0.486 e. The first-order valence-electron chi connectivity index (χ1n) is 9.58. The van der Waals surface area contributed by atoms with Crippen molar-refractivity contribution in [2.45, 2.75) is 27.4 Å². The molecule has 0 saturated heterocycles. The molecule has 0 amide bonds. The van der Waals surface area contributed by atoms with Crippen LogP contribution in [0.25, 0.3) is 11.0 Å². The molecule has 0 aliphatic carbocycles. The van der Waals surface area contributed by atoms with Gasteiger partial charge in [-0.2, -0.15) is 0 Å². The van der Waals surface area contributed by atoms with Crippen LogP contribution in [0.4, 0.5) is 0 Å². The van der Waals surface area contributed by atoms with Crippen LogP contribution >= 0.6 is 0 Å². The molecule has 2 aromatic carbocycles. The molecule has 31 heavy (non-hydrogen) atoms. The fourth-order valence-electron chi connectivity index (χ4n) is 3.20. The van der Waals surface area contributed by atoms with Gasteiger partial charge in [-0.1, -0.05) is 6.07 Å². The van der Waals surface area contributed by atoms with Crippen LogP contribution in [0.3, 0.4) is 0 Å². The molecule has 0 aliphatic rings. The Morgan fingerprint density at radius 1 is 1.03 bits per heavy atom. The number of furan rings is 1. The summed E-state index contributed by atoms with van der Waals surface area (Å²) >= 11 is 0. The number of rotatable bonds is 6. The average molecular weight is 420 g/mol. The van der Waals surface area contributed by atoms with Gasteiger partial charge in [-0.3, -0.25) is 4.79 Å². The molecule has 7 heteroatoms. The van der Waals surface area contributed by atoms with E-state index < -0.39 is 5.97 Å². The first-order chi connectivity index (χ1) is 14.8. The average Bonchev–Trinajstić information content (AvgIpc) is 3.21. The lowest BCUT2D eigenvalue weighted by atomic mass is 10.1. The third-order valence-corrected chi connectivity index (χ3v) is 4.95. The lowest BCUT2D eigenvalue weighted by Crippen LogP contribution is -2.06. The Kier molecular flexibility index (Phi) is 5.25. The van der Waals surface area contributed by atoms with Crippen LogP contribution in [0.5, 0.6) is 17.2 Å². The standard InChI is InChI=1S/C24H20O7/c1-13-8-14(2)15(3)20(9-13)31-22-12-29-21-10-16(4-6-18(21)23(22)25)28-11-17-5-7-19(30-17)24(26)27/h4-10,12H,11H2,1-3H3,(H,26,27). The maximum Gasteiger partial charge on any atom is 0.371 e. The van der Waals surface area contributed by atoms with E-state index in [-0.39, 0.29) is 23.5 Å². The van der Waals surface area contributed by atoms with Gasteiger partial charge in [0, 0.05) is 6.07 Å². The van der Waals surface area contributed by atoms with E-state index in [0.717, 1.165) is 16.7 Å². The predicted octanol–water partition coefficient (Wildman–Crippen LogP) is 5.38. The Labute approximate surface area is 177 Å². The highest BCUT2D eigenvalue weighted by molar-refractivity contribution is 5.84. The molecule has 0 bridgehead atoms. The Balaban J connectivity index is 1.56. The molecule has 0 aliphatic heterocycles. The number of fused-ring (bicyclic) bond motifs is 1. The Hall–Kier alpha value is -4.00. The number of carboxylic acid groups (broad SMARTS) is 1. The lowest BCUT2D eigenvalue weighted by molar-refractivity contribution is 0.0658. The number of benzene rings is 2. The van der Waals surface area contributed by atoms with E-state index in [4.69, 9.17) is 23.4 Å². The molecule has 4 aromatic rings. The summed E-state index contributed by atoms with van der Waals surface area (Å²) < 4.78 is 22.3. The van der Waals surface area contributed by atoms with Gasteiger partial charge in [0.15, 0.2) is 0 Å². The molecule has 2 aromatic heterocycles. The highest BCUT2D eigenvalue weighted by atomic mass is 16.5. The van der Waals surface area contributed by atoms with Crippen LogP contribution < -0.4 is 14.9 Å². The van der Waals surface area contributed by atoms with Crippen LogP contribution in [0.15, 0.2) is 62.4 Å². The fourth-order valence-corrected chi connectivity index (χ4v) is 3.20. The summed E-state index contributed by atoms with van der Waals surface area (Å²) in [4.78, 5) is 23.7. The molecule has 7 nitrogen and oxygen atoms in total. The van der Waals surface area contributed by atoms with Crippen molar-refractivity contribution in [1.29, 1.82) is 0 Å². The maximum atomic E-state index is 12.9. The molecule has 1 N–H and O–H groups in total. The van der Waals surface area contributed by atoms with Crippen LogP contribution in [0.1, 0.15) is 33.0 Å². The number of carboxylic acids is 1. The number of aryl methyl sites for hydroxylation is 2. The van der Waals surface area contributed by atoms with Gasteiger partial charge < -0.3 is 23.4 Å². The van der Waals surface area contributed by atoms with Crippen molar-refractivity contribution in [2.75, 3.05) is 0 Å². The minimum Gasteiger partial charge on any atom is -0.486 e. The molecule has 0 unspecified atom stereocenters. The van der Waals surface area contributed by atoms with Crippen LogP contribution in [0, 0.1) is 20.8 Å². The summed E-state index contributed by atoms with van der Waals surface area (Å²) in [6, 6.07) is 11.6. The summed E-state index contributed by atoms with van der Waals surface area (Å²) in [5.74, 6) is 0.228. The maximum absolute atomic E-state index is 12.9. The van der Waals surface area contributed by atoms with Crippen LogP contribution in [0.2, 0.25) is 0 Å². The van der Waals surface area contributed by atoms with Crippen molar-refractivity contribution in [3.63, 3.8) is 0 Å². The highest BCUT2D eigenvalue weighted by Crippen LogP contribution is 2.29. The zero-order valence-electron chi connectivity index (χ0n) is 17.2. The van der Waals surface area contributed by atoms with Crippen molar-refractivity contribution in [1.82, 2.24) is 0 Å². The number of hydrogen-bond donors (Lipinski definition) is 1. The van der Waals surface area contributed by atoms with Crippen LogP contribution in [-0.2, 0) is 6.61 Å². The molecule has 0 spiro atoms. The summed E-state index contributed by atoms with van der Waals surface area (Å²) in [7, 11) is 0. The van der Waals surface area contributed by atoms with Crippen molar-refractivity contribution < 1.29 is 28.2 Å².